The molecule has 0 fully saturated rings. The second kappa shape index (κ2) is 5.55. The second-order valence-corrected chi connectivity index (χ2v) is 4.90. The van der Waals surface area contributed by atoms with Crippen molar-refractivity contribution in [2.75, 3.05) is 6.61 Å². The SMILES string of the molecule is CCOC(=O)/C=C/C1C(Cl)=CC=CC1(C)Cl. The fourth-order valence-electron chi connectivity index (χ4n) is 1.45. The number of ether oxygens (including phenoxy) is 1. The van der Waals surface area contributed by atoms with E-state index in [0.717, 1.165) is 0 Å². The molecule has 1 rings (SSSR count). The average Bonchev–Trinajstić information content (AvgIpc) is 2.16. The van der Waals surface area contributed by atoms with Gasteiger partial charge in [0, 0.05) is 17.0 Å². The molecule has 0 saturated carbocycles. The summed E-state index contributed by atoms with van der Waals surface area (Å²) in [5.74, 6) is -0.584. The predicted octanol–water partition coefficient (Wildman–Crippen LogP) is 3.41. The van der Waals surface area contributed by atoms with E-state index in [1.54, 1.807) is 19.1 Å². The first-order valence-electron chi connectivity index (χ1n) is 5.06. The van der Waals surface area contributed by atoms with Crippen molar-refractivity contribution in [3.8, 4) is 0 Å². The van der Waals surface area contributed by atoms with E-state index in [-0.39, 0.29) is 11.9 Å². The molecule has 0 radical (unpaired) electrons. The Labute approximate surface area is 106 Å². The summed E-state index contributed by atoms with van der Waals surface area (Å²) in [6.07, 6.45) is 8.47. The van der Waals surface area contributed by atoms with Crippen LogP contribution in [0.25, 0.3) is 0 Å². The molecule has 1 aliphatic rings. The molecule has 0 bridgehead atoms. The van der Waals surface area contributed by atoms with Gasteiger partial charge in [-0.1, -0.05) is 29.8 Å². The molecule has 0 N–H and O–H groups in total. The second-order valence-electron chi connectivity index (χ2n) is 3.65. The minimum Gasteiger partial charge on any atom is -0.463 e. The third-order valence-electron chi connectivity index (χ3n) is 2.29. The molecule has 2 nitrogen and oxygen atoms in total. The Morgan fingerprint density at radius 1 is 1.69 bits per heavy atom. The van der Waals surface area contributed by atoms with Crippen LogP contribution in [-0.4, -0.2) is 17.5 Å². The van der Waals surface area contributed by atoms with Gasteiger partial charge in [0.25, 0.3) is 0 Å². The topological polar surface area (TPSA) is 26.3 Å². The average molecular weight is 261 g/mol. The smallest absolute Gasteiger partial charge is 0.330 e. The standard InChI is InChI=1S/C12H14Cl2O2/c1-3-16-11(15)7-6-9-10(13)5-4-8-12(9,2)14/h4-9H,3H2,1-2H3/b7-6+. The molecule has 0 saturated heterocycles. The molecule has 0 aromatic carbocycles. The number of alkyl halides is 1. The highest BCUT2D eigenvalue weighted by Gasteiger charge is 2.31. The lowest BCUT2D eigenvalue weighted by molar-refractivity contribution is -0.137. The predicted molar refractivity (Wildman–Crippen MR) is 66.6 cm³/mol. The van der Waals surface area contributed by atoms with Gasteiger partial charge in [-0.2, -0.15) is 0 Å². The van der Waals surface area contributed by atoms with E-state index in [2.05, 4.69) is 0 Å². The molecular weight excluding hydrogens is 247 g/mol. The van der Waals surface area contributed by atoms with Crippen LogP contribution >= 0.6 is 23.2 Å². The maximum atomic E-state index is 11.2. The van der Waals surface area contributed by atoms with Crippen molar-refractivity contribution in [3.05, 3.63) is 35.4 Å². The zero-order valence-corrected chi connectivity index (χ0v) is 10.8. The molecular formula is C12H14Cl2O2. The molecule has 88 valence electrons. The molecule has 1 aliphatic carbocycles. The summed E-state index contributed by atoms with van der Waals surface area (Å²) in [5, 5.41) is 0.612. The highest BCUT2D eigenvalue weighted by atomic mass is 35.5. The number of halogens is 2. The molecule has 0 spiro atoms. The van der Waals surface area contributed by atoms with E-state index < -0.39 is 4.87 Å². The molecule has 0 amide bonds. The van der Waals surface area contributed by atoms with E-state index in [1.165, 1.54) is 6.08 Å². The van der Waals surface area contributed by atoms with Crippen LogP contribution in [0.3, 0.4) is 0 Å². The van der Waals surface area contributed by atoms with E-state index in [9.17, 15) is 4.79 Å². The summed E-state index contributed by atoms with van der Waals surface area (Å²) in [6, 6.07) is 0. The minimum absolute atomic E-state index is 0.203. The van der Waals surface area contributed by atoms with Crippen LogP contribution in [-0.2, 0) is 9.53 Å². The lowest BCUT2D eigenvalue weighted by Gasteiger charge is -2.28. The van der Waals surface area contributed by atoms with Gasteiger partial charge in [0.05, 0.1) is 11.5 Å². The monoisotopic (exact) mass is 260 g/mol. The van der Waals surface area contributed by atoms with Gasteiger partial charge in [-0.3, -0.25) is 0 Å². The van der Waals surface area contributed by atoms with Crippen LogP contribution < -0.4 is 0 Å². The summed E-state index contributed by atoms with van der Waals surface area (Å²) in [4.78, 5) is 10.6. The van der Waals surface area contributed by atoms with E-state index in [0.29, 0.717) is 11.6 Å². The van der Waals surface area contributed by atoms with Crippen LogP contribution in [0.2, 0.25) is 0 Å². The molecule has 0 aromatic rings. The van der Waals surface area contributed by atoms with Gasteiger partial charge in [-0.25, -0.2) is 4.79 Å². The van der Waals surface area contributed by atoms with Crippen LogP contribution in [0.4, 0.5) is 0 Å². The molecule has 4 heteroatoms. The Bertz CT molecular complexity index is 354. The van der Waals surface area contributed by atoms with Crippen LogP contribution in [0, 0.1) is 5.92 Å². The van der Waals surface area contributed by atoms with Crippen molar-refractivity contribution in [1.82, 2.24) is 0 Å². The first-order valence-corrected chi connectivity index (χ1v) is 5.81. The van der Waals surface area contributed by atoms with Crippen molar-refractivity contribution in [1.29, 1.82) is 0 Å². The fraction of sp³-hybridized carbons (Fsp3) is 0.417. The van der Waals surface area contributed by atoms with Gasteiger partial charge in [0.2, 0.25) is 0 Å². The number of hydrogen-bond acceptors (Lipinski definition) is 2. The third kappa shape index (κ3) is 3.39. The minimum atomic E-state index is -0.602. The van der Waals surface area contributed by atoms with Gasteiger partial charge in [0.15, 0.2) is 0 Å². The van der Waals surface area contributed by atoms with Crippen molar-refractivity contribution in [2.24, 2.45) is 5.92 Å². The van der Waals surface area contributed by atoms with Gasteiger partial charge >= 0.3 is 5.97 Å². The quantitative estimate of drug-likeness (QED) is 0.442. The Morgan fingerprint density at radius 3 is 2.94 bits per heavy atom. The normalized spacial score (nSPS) is 29.2. The molecule has 0 aliphatic heterocycles. The Balaban J connectivity index is 2.76. The maximum absolute atomic E-state index is 11.2. The number of esters is 1. The summed E-state index contributed by atoms with van der Waals surface area (Å²) >= 11 is 12.3. The van der Waals surface area contributed by atoms with Crippen LogP contribution in [0.5, 0.6) is 0 Å². The first-order chi connectivity index (χ1) is 7.47. The van der Waals surface area contributed by atoms with Gasteiger partial charge in [0.1, 0.15) is 0 Å². The van der Waals surface area contributed by atoms with Crippen molar-refractivity contribution >= 4 is 29.2 Å². The van der Waals surface area contributed by atoms with E-state index >= 15 is 0 Å². The summed E-state index contributed by atoms with van der Waals surface area (Å²) in [6.45, 7) is 3.96. The number of rotatable bonds is 3. The fourth-order valence-corrected chi connectivity index (χ4v) is 2.14. The third-order valence-corrected chi connectivity index (χ3v) is 3.02. The van der Waals surface area contributed by atoms with Crippen LogP contribution in [0.15, 0.2) is 35.4 Å². The number of hydrogen-bond donors (Lipinski definition) is 0. The first kappa shape index (κ1) is 13.3. The molecule has 2 atom stereocenters. The van der Waals surface area contributed by atoms with E-state index in [4.69, 9.17) is 27.9 Å². The van der Waals surface area contributed by atoms with Crippen molar-refractivity contribution in [2.45, 2.75) is 18.7 Å². The lowest BCUT2D eigenvalue weighted by atomic mass is 9.88. The van der Waals surface area contributed by atoms with Crippen LogP contribution in [0.1, 0.15) is 13.8 Å². The van der Waals surface area contributed by atoms with Crippen molar-refractivity contribution < 1.29 is 9.53 Å². The Morgan fingerprint density at radius 2 is 2.38 bits per heavy atom. The van der Waals surface area contributed by atoms with Gasteiger partial charge in [-0.05, 0) is 19.9 Å². The largest absolute Gasteiger partial charge is 0.463 e. The van der Waals surface area contributed by atoms with Crippen molar-refractivity contribution in [3.63, 3.8) is 0 Å². The lowest BCUT2D eigenvalue weighted by Crippen LogP contribution is -2.27. The molecule has 2 unspecified atom stereocenters. The zero-order chi connectivity index (χ0) is 12.2. The summed E-state index contributed by atoms with van der Waals surface area (Å²) in [5.41, 5.74) is 0. The summed E-state index contributed by atoms with van der Waals surface area (Å²) < 4.78 is 4.79. The van der Waals surface area contributed by atoms with Gasteiger partial charge < -0.3 is 4.74 Å². The molecule has 0 heterocycles. The summed E-state index contributed by atoms with van der Waals surface area (Å²) in [7, 11) is 0. The highest BCUT2D eigenvalue weighted by Crippen LogP contribution is 2.38. The number of carbonyl (C=O) groups is 1. The number of allylic oxidation sites excluding steroid dienone is 5. The molecule has 0 aromatic heterocycles. The molecule has 16 heavy (non-hydrogen) atoms. The maximum Gasteiger partial charge on any atom is 0.330 e. The zero-order valence-electron chi connectivity index (χ0n) is 9.24. The highest BCUT2D eigenvalue weighted by molar-refractivity contribution is 6.33. The Hall–Kier alpha value is -0.730. The van der Waals surface area contributed by atoms with E-state index in [1.807, 2.05) is 19.1 Å². The van der Waals surface area contributed by atoms with Gasteiger partial charge in [-0.15, -0.1) is 11.6 Å². The number of carbonyl (C=O) groups excluding carboxylic acids is 1. The Kier molecular flexibility index (Phi) is 4.63.